The number of nitrogens with one attached hydrogen (secondary N) is 1. The lowest BCUT2D eigenvalue weighted by atomic mass is 10.1. The Bertz CT molecular complexity index is 798. The van der Waals surface area contributed by atoms with Gasteiger partial charge in [-0.15, -0.1) is 0 Å². The highest BCUT2D eigenvalue weighted by molar-refractivity contribution is 5.93. The van der Waals surface area contributed by atoms with Gasteiger partial charge in [0, 0.05) is 37.2 Å². The van der Waals surface area contributed by atoms with E-state index in [1.54, 1.807) is 26.2 Å². The summed E-state index contributed by atoms with van der Waals surface area (Å²) in [4.78, 5) is 12.2. The van der Waals surface area contributed by atoms with Crippen molar-refractivity contribution >= 4 is 11.6 Å². The number of hydrogen-bond donors (Lipinski definition) is 3. The van der Waals surface area contributed by atoms with Crippen LogP contribution in [0.2, 0.25) is 0 Å². The molecular formula is C16H21FN6O2. The van der Waals surface area contributed by atoms with Gasteiger partial charge < -0.3 is 15.8 Å². The monoisotopic (exact) mass is 348 g/mol. The zero-order chi connectivity index (χ0) is 18.6. The summed E-state index contributed by atoms with van der Waals surface area (Å²) < 4.78 is 21.2. The van der Waals surface area contributed by atoms with Crippen molar-refractivity contribution < 1.29 is 13.9 Å². The number of hydrazine groups is 1. The third kappa shape index (κ3) is 4.27. The second kappa shape index (κ2) is 7.67. The van der Waals surface area contributed by atoms with Crippen molar-refractivity contribution in [3.05, 3.63) is 53.4 Å². The van der Waals surface area contributed by atoms with Crippen LogP contribution in [0, 0.1) is 5.82 Å². The molecule has 0 aliphatic rings. The summed E-state index contributed by atoms with van der Waals surface area (Å²) in [5.74, 6) is 4.99. The maximum absolute atomic E-state index is 14.7. The third-order valence-electron chi connectivity index (χ3n) is 3.42. The summed E-state index contributed by atoms with van der Waals surface area (Å²) in [6.45, 7) is 1.57. The van der Waals surface area contributed by atoms with Crippen molar-refractivity contribution in [3.8, 4) is 5.75 Å². The van der Waals surface area contributed by atoms with Crippen LogP contribution in [-0.2, 0) is 13.6 Å². The van der Waals surface area contributed by atoms with Crippen molar-refractivity contribution in [2.45, 2.75) is 13.5 Å². The average molecular weight is 348 g/mol. The predicted octanol–water partition coefficient (Wildman–Crippen LogP) is 0.998. The Morgan fingerprint density at radius 2 is 2.24 bits per heavy atom. The zero-order valence-corrected chi connectivity index (χ0v) is 14.3. The Morgan fingerprint density at radius 3 is 2.80 bits per heavy atom. The molecule has 25 heavy (non-hydrogen) atoms. The SMILES string of the molecule is COc1ccc(N(N)/C=C(/C)N)c(CNC(=O)c2cnn(C)c2)c1F. The van der Waals surface area contributed by atoms with E-state index in [1.807, 2.05) is 0 Å². The number of allylic oxidation sites excluding steroid dienone is 1. The highest BCUT2D eigenvalue weighted by Gasteiger charge is 2.18. The number of benzene rings is 1. The Morgan fingerprint density at radius 1 is 1.52 bits per heavy atom. The fraction of sp³-hybridized carbons (Fsp3) is 0.250. The van der Waals surface area contributed by atoms with Crippen molar-refractivity contribution in [1.29, 1.82) is 0 Å². The number of rotatable bonds is 6. The zero-order valence-electron chi connectivity index (χ0n) is 14.3. The van der Waals surface area contributed by atoms with Gasteiger partial charge in [-0.25, -0.2) is 10.2 Å². The quantitative estimate of drug-likeness (QED) is 0.530. The first kappa shape index (κ1) is 18.3. The molecule has 0 saturated heterocycles. The first-order chi connectivity index (χ1) is 11.8. The van der Waals surface area contributed by atoms with Gasteiger partial charge in [0.15, 0.2) is 11.6 Å². The van der Waals surface area contributed by atoms with Crippen LogP contribution >= 0.6 is 0 Å². The standard InChI is InChI=1S/C16H21FN6O2/c1-10(18)8-23(19)13-4-5-14(25-3)15(17)12(13)7-20-16(24)11-6-21-22(2)9-11/h4-6,8-9H,7,18-19H2,1-3H3,(H,20,24)/b10-8-. The Balaban J connectivity index is 2.30. The van der Waals surface area contributed by atoms with E-state index in [1.165, 1.54) is 35.3 Å². The number of nitrogens with two attached hydrogens (primary N) is 2. The molecule has 0 fully saturated rings. The third-order valence-corrected chi connectivity index (χ3v) is 3.42. The van der Waals surface area contributed by atoms with Gasteiger partial charge in [0.1, 0.15) is 0 Å². The van der Waals surface area contributed by atoms with Gasteiger partial charge in [0.2, 0.25) is 0 Å². The van der Waals surface area contributed by atoms with Gasteiger partial charge in [0.05, 0.1) is 24.6 Å². The molecule has 2 aromatic rings. The Kier molecular flexibility index (Phi) is 5.60. The molecule has 0 unspecified atom stereocenters. The number of aromatic nitrogens is 2. The summed E-state index contributed by atoms with van der Waals surface area (Å²) in [5.41, 5.74) is 6.97. The highest BCUT2D eigenvalue weighted by Crippen LogP contribution is 2.29. The number of methoxy groups -OCH3 is 1. The van der Waals surface area contributed by atoms with Crippen molar-refractivity contribution in [1.82, 2.24) is 15.1 Å². The normalized spacial score (nSPS) is 11.3. The molecule has 0 spiro atoms. The molecule has 9 heteroatoms. The fourth-order valence-electron chi connectivity index (χ4n) is 2.26. The Hall–Kier alpha value is -3.07. The van der Waals surface area contributed by atoms with Gasteiger partial charge in [0.25, 0.3) is 5.91 Å². The maximum Gasteiger partial charge on any atom is 0.254 e. The fourth-order valence-corrected chi connectivity index (χ4v) is 2.26. The topological polar surface area (TPSA) is 111 Å². The van der Waals surface area contributed by atoms with Gasteiger partial charge in [-0.1, -0.05) is 0 Å². The summed E-state index contributed by atoms with van der Waals surface area (Å²) in [5, 5.41) is 7.77. The van der Waals surface area contributed by atoms with Crippen LogP contribution in [0.1, 0.15) is 22.8 Å². The van der Waals surface area contributed by atoms with Crippen LogP contribution in [0.25, 0.3) is 0 Å². The lowest BCUT2D eigenvalue weighted by molar-refractivity contribution is 0.0950. The van der Waals surface area contributed by atoms with E-state index in [0.29, 0.717) is 16.9 Å². The molecule has 0 saturated carbocycles. The number of anilines is 1. The second-order valence-corrected chi connectivity index (χ2v) is 5.45. The molecule has 1 aromatic carbocycles. The Labute approximate surface area is 144 Å². The van der Waals surface area contributed by atoms with Crippen LogP contribution < -0.4 is 26.6 Å². The molecule has 5 N–H and O–H groups in total. The first-order valence-electron chi connectivity index (χ1n) is 7.43. The molecule has 1 aromatic heterocycles. The molecule has 134 valence electrons. The van der Waals surface area contributed by atoms with E-state index in [9.17, 15) is 9.18 Å². The molecule has 8 nitrogen and oxygen atoms in total. The molecule has 0 bridgehead atoms. The van der Waals surface area contributed by atoms with Gasteiger partial charge in [-0.05, 0) is 19.1 Å². The summed E-state index contributed by atoms with van der Waals surface area (Å²) in [6, 6.07) is 3.05. The largest absolute Gasteiger partial charge is 0.494 e. The smallest absolute Gasteiger partial charge is 0.254 e. The van der Waals surface area contributed by atoms with E-state index in [2.05, 4.69) is 10.4 Å². The maximum atomic E-state index is 14.7. The van der Waals surface area contributed by atoms with Crippen LogP contribution in [0.4, 0.5) is 10.1 Å². The van der Waals surface area contributed by atoms with Crippen molar-refractivity contribution in [2.75, 3.05) is 12.1 Å². The van der Waals surface area contributed by atoms with Gasteiger partial charge in [-0.2, -0.15) is 5.10 Å². The molecule has 0 aliphatic carbocycles. The van der Waals surface area contributed by atoms with Crippen molar-refractivity contribution in [2.24, 2.45) is 18.6 Å². The molecule has 0 aliphatic heterocycles. The number of halogens is 1. The minimum Gasteiger partial charge on any atom is -0.494 e. The van der Waals surface area contributed by atoms with Gasteiger partial charge in [-0.3, -0.25) is 14.5 Å². The summed E-state index contributed by atoms with van der Waals surface area (Å²) in [6.07, 6.45) is 4.44. The molecule has 2 rings (SSSR count). The number of carbonyl (C=O) groups excluding carboxylic acids is 1. The number of carbonyl (C=O) groups is 1. The van der Waals surface area contributed by atoms with Gasteiger partial charge >= 0.3 is 0 Å². The summed E-state index contributed by atoms with van der Waals surface area (Å²) >= 11 is 0. The number of amides is 1. The van der Waals surface area contributed by atoms with E-state index >= 15 is 0 Å². The van der Waals surface area contributed by atoms with E-state index < -0.39 is 5.82 Å². The molecular weight excluding hydrogens is 327 g/mol. The lowest BCUT2D eigenvalue weighted by Gasteiger charge is -2.20. The van der Waals surface area contributed by atoms with E-state index in [0.717, 1.165) is 0 Å². The lowest BCUT2D eigenvalue weighted by Crippen LogP contribution is -2.29. The van der Waals surface area contributed by atoms with Crippen LogP contribution in [0.3, 0.4) is 0 Å². The molecule has 1 amide bonds. The molecule has 1 heterocycles. The first-order valence-corrected chi connectivity index (χ1v) is 7.43. The molecule has 0 atom stereocenters. The minimum atomic E-state index is -0.606. The van der Waals surface area contributed by atoms with Crippen LogP contribution in [0.15, 0.2) is 36.4 Å². The van der Waals surface area contributed by atoms with Crippen LogP contribution in [-0.4, -0.2) is 22.8 Å². The van der Waals surface area contributed by atoms with E-state index in [-0.39, 0.29) is 23.8 Å². The van der Waals surface area contributed by atoms with Crippen molar-refractivity contribution in [3.63, 3.8) is 0 Å². The highest BCUT2D eigenvalue weighted by atomic mass is 19.1. The molecule has 0 radical (unpaired) electrons. The number of nitrogens with zero attached hydrogens (tertiary/aromatic N) is 3. The number of aryl methyl sites for hydroxylation is 1. The minimum absolute atomic E-state index is 0.0521. The number of hydrogen-bond acceptors (Lipinski definition) is 6. The predicted molar refractivity (Wildman–Crippen MR) is 91.9 cm³/mol. The second-order valence-electron chi connectivity index (χ2n) is 5.45. The van der Waals surface area contributed by atoms with E-state index in [4.69, 9.17) is 16.3 Å². The summed E-state index contributed by atoms with van der Waals surface area (Å²) in [7, 11) is 3.06. The number of ether oxygens (including phenoxy) is 1. The van der Waals surface area contributed by atoms with Crippen LogP contribution in [0.5, 0.6) is 5.75 Å². The average Bonchev–Trinajstić information content (AvgIpc) is 2.99.